The fourth-order valence-electron chi connectivity index (χ4n) is 3.72. The number of nitrogens with zero attached hydrogens (tertiary/aromatic N) is 4. The summed E-state index contributed by atoms with van der Waals surface area (Å²) in [6, 6.07) is 7.91. The van der Waals surface area contributed by atoms with E-state index in [1.807, 2.05) is 24.4 Å². The van der Waals surface area contributed by atoms with Crippen molar-refractivity contribution < 1.29 is 13.9 Å². The molecular weight excluding hydrogens is 378 g/mol. The highest BCUT2D eigenvalue weighted by Gasteiger charge is 2.17. The third-order valence-electron chi connectivity index (χ3n) is 5.43. The summed E-state index contributed by atoms with van der Waals surface area (Å²) in [7, 11) is 0. The first-order chi connectivity index (χ1) is 14.5. The van der Waals surface area contributed by atoms with Gasteiger partial charge in [-0.1, -0.05) is 12.1 Å². The molecule has 4 rings (SSSR count). The topological polar surface area (TPSA) is 76.3 Å². The predicted molar refractivity (Wildman–Crippen MR) is 113 cm³/mol. The molecule has 0 aliphatic heterocycles. The Kier molecular flexibility index (Phi) is 5.35. The zero-order chi connectivity index (χ0) is 21.3. The summed E-state index contributed by atoms with van der Waals surface area (Å²) in [6.45, 7) is 9.30. The van der Waals surface area contributed by atoms with Crippen LogP contribution >= 0.6 is 0 Å². The Morgan fingerprint density at radius 1 is 1.23 bits per heavy atom. The molecule has 4 heterocycles. The second-order valence-corrected chi connectivity index (χ2v) is 7.47. The quantitative estimate of drug-likeness (QED) is 0.501. The van der Waals surface area contributed by atoms with Gasteiger partial charge in [0.25, 0.3) is 5.91 Å². The minimum absolute atomic E-state index is 0.108. The van der Waals surface area contributed by atoms with Crippen LogP contribution in [0.4, 0.5) is 0 Å². The van der Waals surface area contributed by atoms with E-state index in [-0.39, 0.29) is 5.91 Å². The number of pyridine rings is 2. The van der Waals surface area contributed by atoms with Gasteiger partial charge >= 0.3 is 0 Å². The van der Waals surface area contributed by atoms with Gasteiger partial charge in [0.2, 0.25) is 0 Å². The van der Waals surface area contributed by atoms with Crippen molar-refractivity contribution in [1.82, 2.24) is 19.9 Å². The molecule has 1 N–H and O–H groups in total. The van der Waals surface area contributed by atoms with Crippen LogP contribution in [0.3, 0.4) is 0 Å². The molecule has 0 saturated heterocycles. The minimum atomic E-state index is -0.108. The average molecular weight is 404 g/mol. The molecule has 0 bridgehead atoms. The van der Waals surface area contributed by atoms with Crippen LogP contribution in [0.5, 0.6) is 0 Å². The van der Waals surface area contributed by atoms with Crippen molar-refractivity contribution in [3.05, 3.63) is 71.1 Å². The second kappa shape index (κ2) is 8.10. The molecule has 0 fully saturated rings. The van der Waals surface area contributed by atoms with Crippen molar-refractivity contribution in [2.24, 2.45) is 0 Å². The Hall–Kier alpha value is -3.48. The molecule has 0 aliphatic rings. The van der Waals surface area contributed by atoms with Gasteiger partial charge in [0.15, 0.2) is 18.4 Å². The number of hydrogen-bond acceptors (Lipinski definition) is 4. The Bertz CT molecular complexity index is 1200. The molecule has 0 aromatic carbocycles. The van der Waals surface area contributed by atoms with E-state index in [4.69, 9.17) is 4.52 Å². The number of imidazole rings is 1. The van der Waals surface area contributed by atoms with Gasteiger partial charge in [-0.05, 0) is 38.0 Å². The molecule has 7 heteroatoms. The van der Waals surface area contributed by atoms with Crippen molar-refractivity contribution >= 4 is 11.6 Å². The molecule has 4 aromatic rings. The number of amides is 1. The van der Waals surface area contributed by atoms with E-state index in [9.17, 15) is 4.79 Å². The van der Waals surface area contributed by atoms with Gasteiger partial charge < -0.3 is 9.84 Å². The van der Waals surface area contributed by atoms with Crippen LogP contribution in [0.15, 0.2) is 47.4 Å². The molecule has 154 valence electrons. The number of aromatic nitrogens is 4. The van der Waals surface area contributed by atoms with Crippen LogP contribution in [-0.2, 0) is 13.0 Å². The monoisotopic (exact) mass is 404 g/mol. The number of carbonyl (C=O) groups excluding carboxylic acids is 1. The largest absolute Gasteiger partial charge is 0.361 e. The molecule has 4 aromatic heterocycles. The molecule has 1 amide bonds. The van der Waals surface area contributed by atoms with Crippen LogP contribution < -0.4 is 9.88 Å². The van der Waals surface area contributed by atoms with Gasteiger partial charge in [0, 0.05) is 30.8 Å². The van der Waals surface area contributed by atoms with E-state index in [2.05, 4.69) is 52.2 Å². The normalized spacial score (nSPS) is 11.2. The van der Waals surface area contributed by atoms with Crippen LogP contribution in [0.2, 0.25) is 0 Å². The standard InChI is InChI=1S/C23H25N5O2/c1-5-18-6-9-27(15(2)12-18)11-8-24-23(29)19-7-10-28-20(14-25-21(28)13-19)22-16(3)26-30-17(22)4/h6-7,9-10,12-14H,5,8,11H2,1-4H3/p+1. The SMILES string of the molecule is CCc1cc[n+](CCNC(=O)c2ccn3c(-c4c(C)noc4C)cnc3c2)c(C)c1. The van der Waals surface area contributed by atoms with Crippen LogP contribution in [0.1, 0.15) is 40.0 Å². The highest BCUT2D eigenvalue weighted by atomic mass is 16.5. The van der Waals surface area contributed by atoms with Gasteiger partial charge in [-0.25, -0.2) is 9.55 Å². The van der Waals surface area contributed by atoms with Gasteiger partial charge in [0.1, 0.15) is 11.4 Å². The molecule has 30 heavy (non-hydrogen) atoms. The van der Waals surface area contributed by atoms with E-state index in [0.29, 0.717) is 17.8 Å². The van der Waals surface area contributed by atoms with Crippen molar-refractivity contribution in [3.8, 4) is 11.3 Å². The lowest BCUT2D eigenvalue weighted by Gasteiger charge is -2.06. The maximum atomic E-state index is 12.6. The van der Waals surface area contributed by atoms with Gasteiger partial charge in [-0.3, -0.25) is 9.20 Å². The molecule has 0 radical (unpaired) electrons. The second-order valence-electron chi connectivity index (χ2n) is 7.47. The molecular formula is C23H26N5O2+. The fourth-order valence-corrected chi connectivity index (χ4v) is 3.72. The van der Waals surface area contributed by atoms with E-state index in [1.165, 1.54) is 11.3 Å². The molecule has 7 nitrogen and oxygen atoms in total. The Balaban J connectivity index is 1.46. The maximum absolute atomic E-state index is 12.6. The van der Waals surface area contributed by atoms with Crippen LogP contribution in [-0.4, -0.2) is 27.0 Å². The smallest absolute Gasteiger partial charge is 0.251 e. The van der Waals surface area contributed by atoms with Crippen LogP contribution in [0.25, 0.3) is 16.9 Å². The van der Waals surface area contributed by atoms with E-state index in [0.717, 1.165) is 35.7 Å². The lowest BCUT2D eigenvalue weighted by atomic mass is 10.1. The molecule has 0 aliphatic carbocycles. The minimum Gasteiger partial charge on any atom is -0.361 e. The van der Waals surface area contributed by atoms with Crippen molar-refractivity contribution in [1.29, 1.82) is 0 Å². The third-order valence-corrected chi connectivity index (χ3v) is 5.43. The van der Waals surface area contributed by atoms with E-state index in [1.54, 1.807) is 18.3 Å². The number of nitrogens with one attached hydrogen (secondary N) is 1. The van der Waals surface area contributed by atoms with E-state index >= 15 is 0 Å². The lowest BCUT2D eigenvalue weighted by molar-refractivity contribution is -0.700. The number of carbonyl (C=O) groups is 1. The summed E-state index contributed by atoms with van der Waals surface area (Å²) in [6.07, 6.45) is 6.74. The summed E-state index contributed by atoms with van der Waals surface area (Å²) < 4.78 is 9.36. The zero-order valence-corrected chi connectivity index (χ0v) is 17.8. The van der Waals surface area contributed by atoms with Gasteiger partial charge in [-0.2, -0.15) is 0 Å². The first-order valence-electron chi connectivity index (χ1n) is 10.2. The Morgan fingerprint density at radius 3 is 2.77 bits per heavy atom. The molecule has 0 saturated carbocycles. The Labute approximate surface area is 175 Å². The van der Waals surface area contributed by atoms with E-state index < -0.39 is 0 Å². The Morgan fingerprint density at radius 2 is 2.07 bits per heavy atom. The predicted octanol–water partition coefficient (Wildman–Crippen LogP) is 3.19. The van der Waals surface area contributed by atoms with Crippen molar-refractivity contribution in [2.75, 3.05) is 6.54 Å². The lowest BCUT2D eigenvalue weighted by Crippen LogP contribution is -2.42. The number of aryl methyl sites for hydroxylation is 4. The highest BCUT2D eigenvalue weighted by molar-refractivity contribution is 5.95. The summed E-state index contributed by atoms with van der Waals surface area (Å²) >= 11 is 0. The summed E-state index contributed by atoms with van der Waals surface area (Å²) in [5.74, 6) is 0.638. The molecule has 0 unspecified atom stereocenters. The van der Waals surface area contributed by atoms with Crippen LogP contribution in [0, 0.1) is 20.8 Å². The van der Waals surface area contributed by atoms with Crippen molar-refractivity contribution in [3.63, 3.8) is 0 Å². The van der Waals surface area contributed by atoms with Gasteiger partial charge in [-0.15, -0.1) is 0 Å². The van der Waals surface area contributed by atoms with Crippen molar-refractivity contribution in [2.45, 2.75) is 40.7 Å². The number of hydrogen-bond donors (Lipinski definition) is 1. The van der Waals surface area contributed by atoms with Gasteiger partial charge in [0.05, 0.1) is 29.7 Å². The number of fused-ring (bicyclic) bond motifs is 1. The average Bonchev–Trinajstić information content (AvgIpc) is 3.30. The zero-order valence-electron chi connectivity index (χ0n) is 17.8. The highest BCUT2D eigenvalue weighted by Crippen LogP contribution is 2.27. The summed E-state index contributed by atoms with van der Waals surface area (Å²) in [5.41, 5.74) is 6.44. The first kappa shape index (κ1) is 19.8. The molecule has 0 atom stereocenters. The maximum Gasteiger partial charge on any atom is 0.251 e. The molecule has 0 spiro atoms. The summed E-state index contributed by atoms with van der Waals surface area (Å²) in [5, 5.41) is 7.02. The summed E-state index contributed by atoms with van der Waals surface area (Å²) in [4.78, 5) is 17.1. The number of rotatable bonds is 6. The first-order valence-corrected chi connectivity index (χ1v) is 10.2. The fraction of sp³-hybridized carbons (Fsp3) is 0.304. The third kappa shape index (κ3) is 3.70.